The lowest BCUT2D eigenvalue weighted by molar-refractivity contribution is -0.139. The molecule has 3 atom stereocenters. The number of carboxylic acid groups (broad SMARTS) is 1. The highest BCUT2D eigenvalue weighted by Crippen LogP contribution is 2.45. The molecule has 0 fully saturated rings. The van der Waals surface area contributed by atoms with Gasteiger partial charge in [-0.25, -0.2) is 4.79 Å². The van der Waals surface area contributed by atoms with Crippen molar-refractivity contribution in [2.24, 2.45) is 5.92 Å². The number of benzene rings is 1. The second kappa shape index (κ2) is 4.16. The predicted octanol–water partition coefficient (Wildman–Crippen LogP) is 2.79. The molecule has 2 N–H and O–H groups in total. The van der Waals surface area contributed by atoms with Crippen LogP contribution in [-0.2, 0) is 11.2 Å². The summed E-state index contributed by atoms with van der Waals surface area (Å²) in [4.78, 5) is 11.4. The van der Waals surface area contributed by atoms with Crippen molar-refractivity contribution in [1.82, 2.24) is 0 Å². The number of anilines is 1. The van der Waals surface area contributed by atoms with Crippen LogP contribution in [-0.4, -0.2) is 17.1 Å². The Balaban J connectivity index is 2.11. The first kappa shape index (κ1) is 11.3. The number of nitrogens with one attached hydrogen (secondary N) is 1. The van der Waals surface area contributed by atoms with Gasteiger partial charge in [0.1, 0.15) is 6.04 Å². The third kappa shape index (κ3) is 1.54. The van der Waals surface area contributed by atoms with Gasteiger partial charge in [0, 0.05) is 17.5 Å². The van der Waals surface area contributed by atoms with Crippen molar-refractivity contribution in [3.8, 4) is 0 Å². The van der Waals surface area contributed by atoms with Crippen LogP contribution in [0.3, 0.4) is 0 Å². The second-order valence-electron chi connectivity index (χ2n) is 5.05. The summed E-state index contributed by atoms with van der Waals surface area (Å²) in [6.07, 6.45) is 6.05. The number of allylic oxidation sites excluding steroid dienone is 2. The quantitative estimate of drug-likeness (QED) is 0.785. The molecule has 0 unspecified atom stereocenters. The topological polar surface area (TPSA) is 49.3 Å². The summed E-state index contributed by atoms with van der Waals surface area (Å²) in [5.74, 6) is -0.332. The van der Waals surface area contributed by atoms with Crippen molar-refractivity contribution in [3.05, 3.63) is 41.5 Å². The highest BCUT2D eigenvalue weighted by Gasteiger charge is 2.41. The number of rotatable bonds is 2. The predicted molar refractivity (Wildman–Crippen MR) is 70.9 cm³/mol. The SMILES string of the molecule is CCc1cccc2c1N[C@H](C(=O)O)[C@H]1CC=C[C@H]21. The lowest BCUT2D eigenvalue weighted by atomic mass is 9.78. The summed E-state index contributed by atoms with van der Waals surface area (Å²) < 4.78 is 0. The first-order chi connectivity index (χ1) is 8.72. The highest BCUT2D eigenvalue weighted by molar-refractivity contribution is 5.81. The number of para-hydroxylation sites is 1. The summed E-state index contributed by atoms with van der Waals surface area (Å²) in [5, 5.41) is 12.6. The molecule has 0 bridgehead atoms. The van der Waals surface area contributed by atoms with Gasteiger partial charge in [-0.15, -0.1) is 0 Å². The van der Waals surface area contributed by atoms with E-state index in [9.17, 15) is 9.90 Å². The number of aryl methyl sites for hydroxylation is 1. The fourth-order valence-corrected chi connectivity index (χ4v) is 3.23. The molecule has 0 aromatic heterocycles. The van der Waals surface area contributed by atoms with E-state index < -0.39 is 12.0 Å². The number of aliphatic carboxylic acids is 1. The molecule has 1 heterocycles. The molecule has 1 aliphatic heterocycles. The zero-order valence-electron chi connectivity index (χ0n) is 10.4. The van der Waals surface area contributed by atoms with Crippen molar-refractivity contribution in [1.29, 1.82) is 0 Å². The maximum absolute atomic E-state index is 11.4. The Hall–Kier alpha value is -1.77. The van der Waals surface area contributed by atoms with Crippen LogP contribution in [0.2, 0.25) is 0 Å². The molecule has 1 aromatic carbocycles. The second-order valence-corrected chi connectivity index (χ2v) is 5.05. The lowest BCUT2D eigenvalue weighted by Gasteiger charge is -2.35. The average Bonchev–Trinajstić information content (AvgIpc) is 2.86. The Morgan fingerprint density at radius 1 is 1.50 bits per heavy atom. The first-order valence-electron chi connectivity index (χ1n) is 6.50. The van der Waals surface area contributed by atoms with E-state index in [1.165, 1.54) is 11.1 Å². The van der Waals surface area contributed by atoms with Crippen LogP contribution < -0.4 is 5.32 Å². The van der Waals surface area contributed by atoms with Crippen molar-refractivity contribution in [3.63, 3.8) is 0 Å². The maximum Gasteiger partial charge on any atom is 0.326 e. The number of carbonyl (C=O) groups is 1. The number of fused-ring (bicyclic) bond motifs is 3. The van der Waals surface area contributed by atoms with Gasteiger partial charge in [-0.1, -0.05) is 37.3 Å². The van der Waals surface area contributed by atoms with Crippen LogP contribution in [0.5, 0.6) is 0 Å². The average molecular weight is 243 g/mol. The third-order valence-electron chi connectivity index (χ3n) is 4.13. The molecule has 3 rings (SSSR count). The molecule has 18 heavy (non-hydrogen) atoms. The smallest absolute Gasteiger partial charge is 0.326 e. The molecule has 1 aliphatic carbocycles. The molecule has 1 aromatic rings. The first-order valence-corrected chi connectivity index (χ1v) is 6.50. The van der Waals surface area contributed by atoms with Crippen molar-refractivity contribution < 1.29 is 9.90 Å². The summed E-state index contributed by atoms with van der Waals surface area (Å²) in [5.41, 5.74) is 3.50. The molecule has 2 aliphatic rings. The summed E-state index contributed by atoms with van der Waals surface area (Å²) >= 11 is 0. The van der Waals surface area contributed by atoms with E-state index in [0.29, 0.717) is 0 Å². The van der Waals surface area contributed by atoms with E-state index in [-0.39, 0.29) is 11.8 Å². The summed E-state index contributed by atoms with van der Waals surface area (Å²) in [6, 6.07) is 5.80. The maximum atomic E-state index is 11.4. The van der Waals surface area contributed by atoms with Crippen LogP contribution >= 0.6 is 0 Å². The Morgan fingerprint density at radius 3 is 3.06 bits per heavy atom. The number of hydrogen-bond acceptors (Lipinski definition) is 2. The van der Waals surface area contributed by atoms with Gasteiger partial charge < -0.3 is 10.4 Å². The zero-order valence-corrected chi connectivity index (χ0v) is 10.4. The molecule has 0 radical (unpaired) electrons. The van der Waals surface area contributed by atoms with Crippen LogP contribution in [0.1, 0.15) is 30.4 Å². The van der Waals surface area contributed by atoms with Gasteiger partial charge in [0.15, 0.2) is 0 Å². The minimum Gasteiger partial charge on any atom is -0.480 e. The Kier molecular flexibility index (Phi) is 2.62. The zero-order chi connectivity index (χ0) is 12.7. The molecular weight excluding hydrogens is 226 g/mol. The van der Waals surface area contributed by atoms with Gasteiger partial charge in [-0.05, 0) is 24.0 Å². The van der Waals surface area contributed by atoms with E-state index in [1.807, 2.05) is 0 Å². The summed E-state index contributed by atoms with van der Waals surface area (Å²) in [6.45, 7) is 2.10. The van der Waals surface area contributed by atoms with E-state index in [1.54, 1.807) is 0 Å². The number of hydrogen-bond donors (Lipinski definition) is 2. The molecule has 3 nitrogen and oxygen atoms in total. The molecule has 0 saturated carbocycles. The van der Waals surface area contributed by atoms with Gasteiger partial charge in [0.05, 0.1) is 0 Å². The van der Waals surface area contributed by atoms with Crippen LogP contribution in [0, 0.1) is 5.92 Å². The van der Waals surface area contributed by atoms with Crippen molar-refractivity contribution >= 4 is 11.7 Å². The van der Waals surface area contributed by atoms with Gasteiger partial charge >= 0.3 is 5.97 Å². The molecule has 0 spiro atoms. The Bertz CT molecular complexity index is 521. The fraction of sp³-hybridized carbons (Fsp3) is 0.400. The summed E-state index contributed by atoms with van der Waals surface area (Å²) in [7, 11) is 0. The van der Waals surface area contributed by atoms with Gasteiger partial charge in [0.2, 0.25) is 0 Å². The van der Waals surface area contributed by atoms with Gasteiger partial charge in [0.25, 0.3) is 0 Å². The van der Waals surface area contributed by atoms with Gasteiger partial charge in [-0.3, -0.25) is 0 Å². The van der Waals surface area contributed by atoms with Crippen LogP contribution in [0.25, 0.3) is 0 Å². The molecular formula is C15H17NO2. The van der Waals surface area contributed by atoms with E-state index in [0.717, 1.165) is 18.5 Å². The Morgan fingerprint density at radius 2 is 2.33 bits per heavy atom. The van der Waals surface area contributed by atoms with E-state index in [2.05, 4.69) is 42.6 Å². The van der Waals surface area contributed by atoms with Gasteiger partial charge in [-0.2, -0.15) is 0 Å². The molecule has 0 saturated heterocycles. The molecule has 3 heteroatoms. The molecule has 94 valence electrons. The Labute approximate surface area is 107 Å². The monoisotopic (exact) mass is 243 g/mol. The minimum atomic E-state index is -0.745. The fourth-order valence-electron chi connectivity index (χ4n) is 3.23. The standard InChI is InChI=1S/C15H17NO2/c1-2-9-5-3-7-11-10-6-4-8-12(10)14(15(17)18)16-13(9)11/h3-7,10,12,14,16H,2,8H2,1H3,(H,17,18)/t10-,12+,14+/m1/s1. The normalized spacial score (nSPS) is 28.4. The minimum absolute atomic E-state index is 0.155. The lowest BCUT2D eigenvalue weighted by Crippen LogP contribution is -2.42. The third-order valence-corrected chi connectivity index (χ3v) is 4.13. The van der Waals surface area contributed by atoms with Crippen LogP contribution in [0.15, 0.2) is 30.4 Å². The van der Waals surface area contributed by atoms with E-state index in [4.69, 9.17) is 0 Å². The highest BCUT2D eigenvalue weighted by atomic mass is 16.4. The van der Waals surface area contributed by atoms with Crippen molar-refractivity contribution in [2.75, 3.05) is 5.32 Å². The van der Waals surface area contributed by atoms with E-state index >= 15 is 0 Å². The molecule has 0 amide bonds. The largest absolute Gasteiger partial charge is 0.480 e. The van der Waals surface area contributed by atoms with Crippen LogP contribution in [0.4, 0.5) is 5.69 Å². The van der Waals surface area contributed by atoms with Crippen molar-refractivity contribution in [2.45, 2.75) is 31.7 Å². The number of carboxylic acids is 1.